The predicted octanol–water partition coefficient (Wildman–Crippen LogP) is 16.2. The molecule has 2 aromatic heterocycles. The number of benzene rings is 9. The summed E-state index contributed by atoms with van der Waals surface area (Å²) in [6, 6.07) is 68.9. The van der Waals surface area contributed by atoms with E-state index in [0.29, 0.717) is 0 Å². The summed E-state index contributed by atoms with van der Waals surface area (Å²) in [7, 11) is 0. The normalized spacial score (nSPS) is 13.1. The molecule has 12 rings (SSSR count). The number of fused-ring (bicyclic) bond motifs is 10. The van der Waals surface area contributed by atoms with Gasteiger partial charge in [-0.2, -0.15) is 0 Å². The molecular weight excluding hydrogens is 723 g/mol. The van der Waals surface area contributed by atoms with E-state index < -0.39 is 0 Å². The lowest BCUT2D eigenvalue weighted by Gasteiger charge is -2.28. The maximum atomic E-state index is 6.46. The molecule has 0 aliphatic heterocycles. The summed E-state index contributed by atoms with van der Waals surface area (Å²) >= 11 is 1.87. The second-order valence-electron chi connectivity index (χ2n) is 16.0. The van der Waals surface area contributed by atoms with E-state index in [9.17, 15) is 0 Å². The molecular formula is C55H37NOS. The van der Waals surface area contributed by atoms with E-state index in [4.69, 9.17) is 4.42 Å². The molecule has 3 heteroatoms. The lowest BCUT2D eigenvalue weighted by Crippen LogP contribution is -2.16. The molecule has 0 saturated heterocycles. The van der Waals surface area contributed by atoms with Gasteiger partial charge in [-0.05, 0) is 110 Å². The minimum atomic E-state index is -0.122. The van der Waals surface area contributed by atoms with Gasteiger partial charge in [-0.15, -0.1) is 11.3 Å². The van der Waals surface area contributed by atoms with Crippen molar-refractivity contribution in [3.8, 4) is 33.4 Å². The molecule has 1 aliphatic rings. The molecule has 0 N–H and O–H groups in total. The van der Waals surface area contributed by atoms with Gasteiger partial charge in [0.05, 0.1) is 0 Å². The highest BCUT2D eigenvalue weighted by Gasteiger charge is 2.35. The third-order valence-corrected chi connectivity index (χ3v) is 13.6. The number of hydrogen-bond donors (Lipinski definition) is 0. The van der Waals surface area contributed by atoms with Crippen molar-refractivity contribution in [1.29, 1.82) is 0 Å². The fourth-order valence-corrected chi connectivity index (χ4v) is 10.8. The second kappa shape index (κ2) is 12.5. The maximum Gasteiger partial charge on any atom is 0.137 e. The lowest BCUT2D eigenvalue weighted by molar-refractivity contribution is 0.660. The summed E-state index contributed by atoms with van der Waals surface area (Å²) in [6.45, 7) is 4.70. The minimum Gasteiger partial charge on any atom is -0.456 e. The summed E-state index contributed by atoms with van der Waals surface area (Å²) in [5.41, 5.74) is 15.2. The molecule has 0 spiro atoms. The van der Waals surface area contributed by atoms with Gasteiger partial charge >= 0.3 is 0 Å². The van der Waals surface area contributed by atoms with Crippen LogP contribution in [0.4, 0.5) is 17.1 Å². The van der Waals surface area contributed by atoms with Crippen molar-refractivity contribution in [2.45, 2.75) is 19.3 Å². The van der Waals surface area contributed by atoms with Gasteiger partial charge in [-0.25, -0.2) is 0 Å². The third-order valence-electron chi connectivity index (χ3n) is 12.5. The molecule has 274 valence electrons. The first-order valence-electron chi connectivity index (χ1n) is 20.0. The Bertz CT molecular complexity index is 3430. The van der Waals surface area contributed by atoms with Crippen molar-refractivity contribution >= 4 is 81.3 Å². The number of hydrogen-bond acceptors (Lipinski definition) is 3. The van der Waals surface area contributed by atoms with Crippen molar-refractivity contribution in [3.05, 3.63) is 199 Å². The SMILES string of the molecule is CC1(C)c2ccccc2-c2ccc(N(c3ccc(-c4ccc5sc6ccccc6c5c4-c4cccc5ccccc45)cc3)c3ccc4c(c3)oc3ccccc34)cc21. The van der Waals surface area contributed by atoms with Crippen molar-refractivity contribution in [1.82, 2.24) is 0 Å². The minimum absolute atomic E-state index is 0.122. The molecule has 2 nitrogen and oxygen atoms in total. The largest absolute Gasteiger partial charge is 0.456 e. The van der Waals surface area contributed by atoms with Crippen LogP contribution in [0.1, 0.15) is 25.0 Å². The van der Waals surface area contributed by atoms with Gasteiger partial charge < -0.3 is 9.32 Å². The van der Waals surface area contributed by atoms with Crippen LogP contribution in [-0.2, 0) is 5.41 Å². The molecule has 0 unspecified atom stereocenters. The van der Waals surface area contributed by atoms with Gasteiger partial charge in [0.1, 0.15) is 11.2 Å². The molecule has 58 heavy (non-hydrogen) atoms. The number of para-hydroxylation sites is 1. The first kappa shape index (κ1) is 33.2. The Hall–Kier alpha value is -6.94. The quantitative estimate of drug-likeness (QED) is 0.174. The van der Waals surface area contributed by atoms with E-state index in [-0.39, 0.29) is 5.41 Å². The highest BCUT2D eigenvalue weighted by molar-refractivity contribution is 7.26. The standard InChI is InChI=1S/C55H37NOS/c1-55(2)47-19-8-5-15-41(47)42-28-26-37(32-48(42)55)56(38-27-29-44-43-16-6-9-20-49(43)57-50(44)33-38)36-24-22-35(23-25-36)40-30-31-52-54(46-17-7-10-21-51(46)58-52)53(40)45-18-11-13-34-12-3-4-14-39(34)45/h3-33H,1-2H3. The first-order chi connectivity index (χ1) is 28.5. The second-order valence-corrected chi connectivity index (χ2v) is 17.1. The first-order valence-corrected chi connectivity index (χ1v) is 20.8. The van der Waals surface area contributed by atoms with E-state index in [2.05, 4.69) is 201 Å². The van der Waals surface area contributed by atoms with Crippen molar-refractivity contribution < 1.29 is 4.42 Å². The Labute approximate surface area is 340 Å². The summed E-state index contributed by atoms with van der Waals surface area (Å²) in [5.74, 6) is 0. The van der Waals surface area contributed by atoms with Gasteiger partial charge in [0, 0.05) is 59.5 Å². The zero-order valence-electron chi connectivity index (χ0n) is 32.2. The fourth-order valence-electron chi connectivity index (χ4n) is 9.70. The van der Waals surface area contributed by atoms with Gasteiger partial charge in [0.25, 0.3) is 0 Å². The van der Waals surface area contributed by atoms with Crippen molar-refractivity contribution in [2.24, 2.45) is 0 Å². The van der Waals surface area contributed by atoms with Crippen LogP contribution in [0.25, 0.3) is 86.3 Å². The van der Waals surface area contributed by atoms with E-state index >= 15 is 0 Å². The van der Waals surface area contributed by atoms with Crippen molar-refractivity contribution in [2.75, 3.05) is 4.90 Å². The molecule has 0 fully saturated rings. The van der Waals surface area contributed by atoms with E-state index in [1.165, 1.54) is 75.5 Å². The smallest absolute Gasteiger partial charge is 0.137 e. The third kappa shape index (κ3) is 4.90. The van der Waals surface area contributed by atoms with E-state index in [1.807, 2.05) is 17.4 Å². The lowest BCUT2D eigenvalue weighted by atomic mass is 9.82. The molecule has 11 aromatic rings. The molecule has 0 radical (unpaired) electrons. The Balaban J connectivity index is 1.05. The van der Waals surface area contributed by atoms with Crippen LogP contribution >= 0.6 is 11.3 Å². The molecule has 1 aliphatic carbocycles. The van der Waals surface area contributed by atoms with Crippen molar-refractivity contribution in [3.63, 3.8) is 0 Å². The van der Waals surface area contributed by atoms with Gasteiger partial charge in [0.15, 0.2) is 0 Å². The van der Waals surface area contributed by atoms with Crippen LogP contribution in [0.15, 0.2) is 192 Å². The number of rotatable bonds is 5. The van der Waals surface area contributed by atoms with Crippen LogP contribution in [0, 0.1) is 0 Å². The van der Waals surface area contributed by atoms with Crippen LogP contribution < -0.4 is 4.90 Å². The highest BCUT2D eigenvalue weighted by Crippen LogP contribution is 2.51. The van der Waals surface area contributed by atoms with Gasteiger partial charge in [0.2, 0.25) is 0 Å². The molecule has 0 bridgehead atoms. The monoisotopic (exact) mass is 759 g/mol. The maximum absolute atomic E-state index is 6.46. The summed E-state index contributed by atoms with van der Waals surface area (Å²) in [6.07, 6.45) is 0. The predicted molar refractivity (Wildman–Crippen MR) is 247 cm³/mol. The highest BCUT2D eigenvalue weighted by atomic mass is 32.1. The van der Waals surface area contributed by atoms with E-state index in [0.717, 1.165) is 39.0 Å². The number of nitrogens with zero attached hydrogens (tertiary/aromatic N) is 1. The Morgan fingerprint density at radius 2 is 1.07 bits per heavy atom. The topological polar surface area (TPSA) is 16.4 Å². The summed E-state index contributed by atoms with van der Waals surface area (Å²) < 4.78 is 9.07. The zero-order chi connectivity index (χ0) is 38.5. The average Bonchev–Trinajstić information content (AvgIpc) is 3.91. The van der Waals surface area contributed by atoms with Crippen LogP contribution in [-0.4, -0.2) is 0 Å². The number of anilines is 3. The molecule has 0 atom stereocenters. The summed E-state index contributed by atoms with van der Waals surface area (Å²) in [5, 5.41) is 7.39. The average molecular weight is 760 g/mol. The van der Waals surface area contributed by atoms with E-state index in [1.54, 1.807) is 0 Å². The van der Waals surface area contributed by atoms with Crippen LogP contribution in [0.5, 0.6) is 0 Å². The fraction of sp³-hybridized carbons (Fsp3) is 0.0545. The molecule has 0 amide bonds. The Kier molecular flexibility index (Phi) is 7.18. The number of furan rings is 1. The van der Waals surface area contributed by atoms with Crippen LogP contribution in [0.3, 0.4) is 0 Å². The number of thiophene rings is 1. The van der Waals surface area contributed by atoms with Crippen LogP contribution in [0.2, 0.25) is 0 Å². The molecule has 0 saturated carbocycles. The zero-order valence-corrected chi connectivity index (χ0v) is 33.0. The molecule has 9 aromatic carbocycles. The van der Waals surface area contributed by atoms with Gasteiger partial charge in [-0.3, -0.25) is 0 Å². The molecule has 2 heterocycles. The Morgan fingerprint density at radius 3 is 1.97 bits per heavy atom. The summed E-state index contributed by atoms with van der Waals surface area (Å²) in [4.78, 5) is 2.39. The Morgan fingerprint density at radius 1 is 0.431 bits per heavy atom. The van der Waals surface area contributed by atoms with Gasteiger partial charge in [-0.1, -0.05) is 141 Å².